The first-order valence-corrected chi connectivity index (χ1v) is 9.92. The van der Waals surface area contributed by atoms with E-state index in [1.165, 1.54) is 11.4 Å². The molecule has 2 aliphatic rings. The van der Waals surface area contributed by atoms with Crippen LogP contribution in [-0.2, 0) is 19.1 Å². The quantitative estimate of drug-likeness (QED) is 0.790. The predicted molar refractivity (Wildman–Crippen MR) is 106 cm³/mol. The van der Waals surface area contributed by atoms with E-state index in [1.807, 2.05) is 6.07 Å². The van der Waals surface area contributed by atoms with Crippen molar-refractivity contribution in [3.8, 4) is 0 Å². The number of anilines is 1. The molecule has 28 heavy (non-hydrogen) atoms. The Morgan fingerprint density at radius 1 is 1.18 bits per heavy atom. The first-order valence-electron chi connectivity index (χ1n) is 9.92. The summed E-state index contributed by atoms with van der Waals surface area (Å²) in [4.78, 5) is 37.1. The standard InChI is InChI=1S/C21H27N3O4/c1-14-8-6-7-11-17(14)22-20(26)15(2)28-21(27)18-12-13-19(25)24(23-18)16-9-4-3-5-10-16/h3-5,9-10,14-15,17H,6-8,11-13H2,1-2H3,(H,22,26)/t14-,15-,17-/m0/s1. The van der Waals surface area contributed by atoms with E-state index in [9.17, 15) is 14.4 Å². The molecule has 1 saturated carbocycles. The second-order valence-electron chi connectivity index (χ2n) is 7.51. The van der Waals surface area contributed by atoms with E-state index in [2.05, 4.69) is 17.3 Å². The zero-order valence-corrected chi connectivity index (χ0v) is 16.4. The SMILES string of the molecule is C[C@H](OC(=O)C1=NN(c2ccccc2)C(=O)CC1)C(=O)N[C@H]1CCCC[C@@H]1C. The lowest BCUT2D eigenvalue weighted by Crippen LogP contribution is -2.46. The van der Waals surface area contributed by atoms with Crippen LogP contribution in [0.15, 0.2) is 35.4 Å². The second kappa shape index (κ2) is 8.99. The van der Waals surface area contributed by atoms with E-state index in [-0.39, 0.29) is 36.4 Å². The molecule has 7 nitrogen and oxygen atoms in total. The minimum atomic E-state index is -0.910. The summed E-state index contributed by atoms with van der Waals surface area (Å²) in [6.45, 7) is 3.69. The normalized spacial score (nSPS) is 23.6. The number of esters is 1. The fourth-order valence-corrected chi connectivity index (χ4v) is 3.58. The third-order valence-electron chi connectivity index (χ3n) is 5.36. The van der Waals surface area contributed by atoms with Crippen LogP contribution in [-0.4, -0.2) is 35.6 Å². The maximum absolute atomic E-state index is 12.5. The Hall–Kier alpha value is -2.70. The Labute approximate surface area is 165 Å². The Morgan fingerprint density at radius 3 is 2.61 bits per heavy atom. The van der Waals surface area contributed by atoms with E-state index >= 15 is 0 Å². The fraction of sp³-hybridized carbons (Fsp3) is 0.524. The third kappa shape index (κ3) is 4.77. The van der Waals surface area contributed by atoms with Crippen LogP contribution >= 0.6 is 0 Å². The Kier molecular flexibility index (Phi) is 6.44. The van der Waals surface area contributed by atoms with E-state index in [0.717, 1.165) is 19.3 Å². The lowest BCUT2D eigenvalue weighted by molar-refractivity contribution is -0.149. The zero-order valence-electron chi connectivity index (χ0n) is 16.4. The molecule has 0 aromatic heterocycles. The maximum atomic E-state index is 12.5. The number of benzene rings is 1. The van der Waals surface area contributed by atoms with Crippen molar-refractivity contribution >= 4 is 29.2 Å². The molecule has 1 fully saturated rings. The van der Waals surface area contributed by atoms with Crippen molar-refractivity contribution in [3.05, 3.63) is 30.3 Å². The number of nitrogens with one attached hydrogen (secondary N) is 1. The van der Waals surface area contributed by atoms with E-state index in [0.29, 0.717) is 11.6 Å². The highest BCUT2D eigenvalue weighted by atomic mass is 16.5. The highest BCUT2D eigenvalue weighted by molar-refractivity contribution is 6.38. The number of hydrogen-bond acceptors (Lipinski definition) is 5. The lowest BCUT2D eigenvalue weighted by Gasteiger charge is -2.30. The van der Waals surface area contributed by atoms with Crippen LogP contribution in [0.2, 0.25) is 0 Å². The molecule has 3 rings (SSSR count). The summed E-state index contributed by atoms with van der Waals surface area (Å²) in [5.74, 6) is -0.708. The van der Waals surface area contributed by atoms with Gasteiger partial charge in [-0.3, -0.25) is 9.59 Å². The summed E-state index contributed by atoms with van der Waals surface area (Å²) in [6.07, 6.45) is 3.80. The van der Waals surface area contributed by atoms with Gasteiger partial charge < -0.3 is 10.1 Å². The molecule has 3 atom stereocenters. The Bertz CT molecular complexity index is 762. The highest BCUT2D eigenvalue weighted by Gasteiger charge is 2.30. The molecule has 2 amide bonds. The van der Waals surface area contributed by atoms with Crippen LogP contribution in [0.3, 0.4) is 0 Å². The van der Waals surface area contributed by atoms with Crippen molar-refractivity contribution in [2.24, 2.45) is 11.0 Å². The zero-order chi connectivity index (χ0) is 20.1. The van der Waals surface area contributed by atoms with Crippen LogP contribution in [0, 0.1) is 5.92 Å². The van der Waals surface area contributed by atoms with Gasteiger partial charge in [-0.2, -0.15) is 5.10 Å². The molecule has 1 N–H and O–H groups in total. The molecule has 1 aliphatic carbocycles. The molecule has 1 aromatic rings. The highest BCUT2D eigenvalue weighted by Crippen LogP contribution is 2.24. The van der Waals surface area contributed by atoms with Gasteiger partial charge in [-0.1, -0.05) is 38.0 Å². The van der Waals surface area contributed by atoms with Crippen molar-refractivity contribution in [1.29, 1.82) is 0 Å². The summed E-state index contributed by atoms with van der Waals surface area (Å²) in [7, 11) is 0. The van der Waals surface area contributed by atoms with Gasteiger partial charge >= 0.3 is 5.97 Å². The van der Waals surface area contributed by atoms with Gasteiger partial charge in [0.1, 0.15) is 5.71 Å². The molecule has 1 heterocycles. The number of nitrogens with zero attached hydrogens (tertiary/aromatic N) is 2. The molecule has 150 valence electrons. The van der Waals surface area contributed by atoms with Crippen LogP contribution < -0.4 is 10.3 Å². The maximum Gasteiger partial charge on any atom is 0.355 e. The van der Waals surface area contributed by atoms with Crippen molar-refractivity contribution in [2.75, 3.05) is 5.01 Å². The van der Waals surface area contributed by atoms with Crippen LogP contribution in [0.25, 0.3) is 0 Å². The smallest absolute Gasteiger partial charge is 0.355 e. The van der Waals surface area contributed by atoms with Gasteiger partial charge in [0.2, 0.25) is 5.91 Å². The molecule has 1 aromatic carbocycles. The van der Waals surface area contributed by atoms with E-state index < -0.39 is 12.1 Å². The fourth-order valence-electron chi connectivity index (χ4n) is 3.58. The molecule has 1 aliphatic heterocycles. The van der Waals surface area contributed by atoms with Crippen LogP contribution in [0.5, 0.6) is 0 Å². The first-order chi connectivity index (χ1) is 13.5. The van der Waals surface area contributed by atoms with Gasteiger partial charge in [-0.15, -0.1) is 0 Å². The number of rotatable bonds is 5. The van der Waals surface area contributed by atoms with Gasteiger partial charge in [-0.05, 0) is 37.8 Å². The lowest BCUT2D eigenvalue weighted by atomic mass is 9.86. The van der Waals surface area contributed by atoms with E-state index in [1.54, 1.807) is 31.2 Å². The molecule has 0 unspecified atom stereocenters. The predicted octanol–water partition coefficient (Wildman–Crippen LogP) is 2.80. The summed E-state index contributed by atoms with van der Waals surface area (Å²) < 4.78 is 5.33. The minimum Gasteiger partial charge on any atom is -0.448 e. The molecule has 0 spiro atoms. The number of carbonyl (C=O) groups is 3. The number of amides is 2. The Morgan fingerprint density at radius 2 is 1.89 bits per heavy atom. The first kappa shape index (κ1) is 20.0. The molecule has 0 bridgehead atoms. The number of hydrazone groups is 1. The molecular formula is C21H27N3O4. The molecular weight excluding hydrogens is 358 g/mol. The van der Waals surface area contributed by atoms with Crippen molar-refractivity contribution in [3.63, 3.8) is 0 Å². The monoisotopic (exact) mass is 385 g/mol. The molecule has 7 heteroatoms. The van der Waals surface area contributed by atoms with Gasteiger partial charge in [0.05, 0.1) is 5.69 Å². The minimum absolute atomic E-state index is 0.126. The molecule has 0 radical (unpaired) electrons. The summed E-state index contributed by atoms with van der Waals surface area (Å²) in [5.41, 5.74) is 0.740. The Balaban J connectivity index is 1.61. The summed E-state index contributed by atoms with van der Waals surface area (Å²) >= 11 is 0. The average molecular weight is 385 g/mol. The number of carbonyl (C=O) groups excluding carboxylic acids is 3. The average Bonchev–Trinajstić information content (AvgIpc) is 2.70. The van der Waals surface area contributed by atoms with Gasteiger partial charge in [0.15, 0.2) is 6.10 Å². The largest absolute Gasteiger partial charge is 0.448 e. The third-order valence-corrected chi connectivity index (χ3v) is 5.36. The van der Waals surface area contributed by atoms with Crippen molar-refractivity contribution in [1.82, 2.24) is 5.32 Å². The van der Waals surface area contributed by atoms with Crippen LogP contribution in [0.4, 0.5) is 5.69 Å². The van der Waals surface area contributed by atoms with Gasteiger partial charge in [-0.25, -0.2) is 9.80 Å². The number of hydrogen-bond donors (Lipinski definition) is 1. The van der Waals surface area contributed by atoms with Gasteiger partial charge in [0.25, 0.3) is 5.91 Å². The van der Waals surface area contributed by atoms with Crippen LogP contribution in [0.1, 0.15) is 52.4 Å². The number of para-hydroxylation sites is 1. The van der Waals surface area contributed by atoms with E-state index in [4.69, 9.17) is 4.74 Å². The second-order valence-corrected chi connectivity index (χ2v) is 7.51. The summed E-state index contributed by atoms with van der Waals surface area (Å²) in [5, 5.41) is 8.38. The van der Waals surface area contributed by atoms with Crippen molar-refractivity contribution in [2.45, 2.75) is 64.5 Å². The number of ether oxygens (including phenoxy) is 1. The van der Waals surface area contributed by atoms with Crippen molar-refractivity contribution < 1.29 is 19.1 Å². The summed E-state index contributed by atoms with van der Waals surface area (Å²) in [6, 6.07) is 9.05. The van der Waals surface area contributed by atoms with Gasteiger partial charge in [0, 0.05) is 18.9 Å². The topological polar surface area (TPSA) is 88.1 Å². The molecule has 0 saturated heterocycles.